The van der Waals surface area contributed by atoms with Gasteiger partial charge < -0.3 is 11.1 Å². The number of nitrogens with one attached hydrogen (secondary N) is 1. The topological polar surface area (TPSA) is 55.1 Å². The van der Waals surface area contributed by atoms with E-state index in [2.05, 4.69) is 5.32 Å². The summed E-state index contributed by atoms with van der Waals surface area (Å²) in [6, 6.07) is 16.0. The predicted octanol–water partition coefficient (Wildman–Crippen LogP) is 5.78. The summed E-state index contributed by atoms with van der Waals surface area (Å²) in [5.74, 6) is -0.309. The molecule has 1 aliphatic carbocycles. The molecular weight excluding hydrogens is 425 g/mol. The Morgan fingerprint density at radius 3 is 2.35 bits per heavy atom. The van der Waals surface area contributed by atoms with E-state index < -0.39 is 11.7 Å². The number of fused-ring (bicyclic) bond motifs is 1. The molecule has 4 rings (SSSR count). The molecule has 1 aliphatic rings. The van der Waals surface area contributed by atoms with Crippen molar-refractivity contribution in [2.45, 2.75) is 32.0 Å². The molecule has 0 saturated carbocycles. The molecule has 3 aromatic carbocycles. The van der Waals surface area contributed by atoms with E-state index in [-0.39, 0.29) is 24.4 Å². The summed E-state index contributed by atoms with van der Waals surface area (Å²) >= 11 is 0. The average molecular weight is 447 g/mol. The minimum atomic E-state index is -4.40. The molecule has 0 aromatic heterocycles. The number of halogens is 4. The van der Waals surface area contributed by atoms with Gasteiger partial charge in [-0.15, -0.1) is 12.4 Å². The van der Waals surface area contributed by atoms with Gasteiger partial charge in [-0.3, -0.25) is 4.79 Å². The van der Waals surface area contributed by atoms with Crippen molar-refractivity contribution >= 4 is 24.0 Å². The smallest absolute Gasteiger partial charge is 0.327 e. The maximum absolute atomic E-state index is 13.0. The number of nitrogens with two attached hydrogens (primary N) is 1. The highest BCUT2D eigenvalue weighted by molar-refractivity contribution is 6.09. The Kier molecular flexibility index (Phi) is 6.43. The van der Waals surface area contributed by atoms with Crippen LogP contribution in [0.3, 0.4) is 0 Å². The van der Waals surface area contributed by atoms with Crippen LogP contribution < -0.4 is 11.1 Å². The lowest BCUT2D eigenvalue weighted by Gasteiger charge is -2.15. The van der Waals surface area contributed by atoms with E-state index in [4.69, 9.17) is 5.73 Å². The van der Waals surface area contributed by atoms with Crippen molar-refractivity contribution < 1.29 is 18.0 Å². The maximum atomic E-state index is 13.0. The highest BCUT2D eigenvalue weighted by Gasteiger charge is 2.30. The van der Waals surface area contributed by atoms with Gasteiger partial charge >= 0.3 is 6.18 Å². The monoisotopic (exact) mass is 446 g/mol. The Morgan fingerprint density at radius 2 is 1.68 bits per heavy atom. The van der Waals surface area contributed by atoms with Crippen LogP contribution in [-0.4, -0.2) is 11.9 Å². The summed E-state index contributed by atoms with van der Waals surface area (Å²) in [5.41, 5.74) is 10.7. The first-order valence-electron chi connectivity index (χ1n) is 9.68. The van der Waals surface area contributed by atoms with Crippen molar-refractivity contribution in [3.8, 4) is 11.1 Å². The lowest BCUT2D eigenvalue weighted by molar-refractivity contribution is -0.137. The highest BCUT2D eigenvalue weighted by atomic mass is 35.5. The SMILES string of the molecule is Cc1cccc(C(=O)Nc2ccc3c(c2)CC(N)C3)c1-c1ccc(C(F)(F)F)cc1.Cl. The van der Waals surface area contributed by atoms with E-state index in [1.54, 1.807) is 12.1 Å². The minimum absolute atomic E-state index is 0. The molecule has 0 bridgehead atoms. The number of hydrogen-bond donors (Lipinski definition) is 2. The molecule has 1 unspecified atom stereocenters. The van der Waals surface area contributed by atoms with E-state index >= 15 is 0 Å². The Morgan fingerprint density at radius 1 is 1.00 bits per heavy atom. The number of alkyl halides is 3. The lowest BCUT2D eigenvalue weighted by atomic mass is 9.93. The van der Waals surface area contributed by atoms with Crippen LogP contribution in [-0.2, 0) is 19.0 Å². The van der Waals surface area contributed by atoms with Crippen molar-refractivity contribution in [2.75, 3.05) is 5.32 Å². The normalized spacial score (nSPS) is 15.2. The standard InChI is InChI=1S/C24H21F3N2O.ClH/c1-14-3-2-4-21(22(14)15-5-8-18(9-6-15)24(25,26)27)23(30)29-20-10-7-16-11-19(28)12-17(16)13-20;/h2-10,13,19H,11-12,28H2,1H3,(H,29,30);1H. The van der Waals surface area contributed by atoms with Gasteiger partial charge in [0.25, 0.3) is 5.91 Å². The van der Waals surface area contributed by atoms with Crippen LogP contribution in [0.2, 0.25) is 0 Å². The highest BCUT2D eigenvalue weighted by Crippen LogP contribution is 2.33. The van der Waals surface area contributed by atoms with Crippen molar-refractivity contribution in [2.24, 2.45) is 5.73 Å². The Hall–Kier alpha value is -2.83. The fourth-order valence-corrected chi connectivity index (χ4v) is 3.99. The van der Waals surface area contributed by atoms with Crippen LogP contribution in [0.5, 0.6) is 0 Å². The molecule has 0 spiro atoms. The minimum Gasteiger partial charge on any atom is -0.327 e. The lowest BCUT2D eigenvalue weighted by Crippen LogP contribution is -2.19. The van der Waals surface area contributed by atoms with Crippen LogP contribution in [0.4, 0.5) is 18.9 Å². The molecule has 0 saturated heterocycles. The van der Waals surface area contributed by atoms with E-state index in [0.717, 1.165) is 36.1 Å². The number of amides is 1. The molecule has 1 amide bonds. The quantitative estimate of drug-likeness (QED) is 0.535. The van der Waals surface area contributed by atoms with Gasteiger partial charge in [-0.25, -0.2) is 0 Å². The molecule has 3 aromatic rings. The number of carbonyl (C=O) groups is 1. The van der Waals surface area contributed by atoms with Crippen LogP contribution in [0.1, 0.15) is 32.6 Å². The maximum Gasteiger partial charge on any atom is 0.416 e. The number of benzene rings is 3. The summed E-state index contributed by atoms with van der Waals surface area (Å²) in [4.78, 5) is 13.0. The second-order valence-electron chi connectivity index (χ2n) is 7.68. The molecule has 0 heterocycles. The third-order valence-corrected chi connectivity index (χ3v) is 5.45. The molecular formula is C24H22ClF3N2O. The Balaban J connectivity index is 0.00000272. The Labute approximate surface area is 184 Å². The van der Waals surface area contributed by atoms with E-state index in [1.807, 2.05) is 31.2 Å². The third kappa shape index (κ3) is 4.75. The number of carbonyl (C=O) groups excluding carboxylic acids is 1. The van der Waals surface area contributed by atoms with Gasteiger partial charge in [0.1, 0.15) is 0 Å². The molecule has 162 valence electrons. The van der Waals surface area contributed by atoms with Crippen LogP contribution in [0, 0.1) is 6.92 Å². The largest absolute Gasteiger partial charge is 0.416 e. The van der Waals surface area contributed by atoms with E-state index in [1.165, 1.54) is 17.7 Å². The van der Waals surface area contributed by atoms with Crippen LogP contribution >= 0.6 is 12.4 Å². The van der Waals surface area contributed by atoms with Crippen LogP contribution in [0.15, 0.2) is 60.7 Å². The van der Waals surface area contributed by atoms with Gasteiger partial charge in [0.05, 0.1) is 5.56 Å². The van der Waals surface area contributed by atoms with Crippen molar-refractivity contribution in [3.05, 3.63) is 88.5 Å². The zero-order chi connectivity index (χ0) is 21.5. The summed E-state index contributed by atoms with van der Waals surface area (Å²) < 4.78 is 38.7. The molecule has 31 heavy (non-hydrogen) atoms. The van der Waals surface area contributed by atoms with Gasteiger partial charge in [-0.05, 0) is 77.9 Å². The fraction of sp³-hybridized carbons (Fsp3) is 0.208. The third-order valence-electron chi connectivity index (χ3n) is 5.45. The first-order valence-corrected chi connectivity index (χ1v) is 9.68. The molecule has 0 aliphatic heterocycles. The van der Waals surface area contributed by atoms with Crippen LogP contribution in [0.25, 0.3) is 11.1 Å². The van der Waals surface area contributed by atoms with Gasteiger partial charge in [-0.2, -0.15) is 13.2 Å². The van der Waals surface area contributed by atoms with E-state index in [9.17, 15) is 18.0 Å². The average Bonchev–Trinajstić information content (AvgIpc) is 3.06. The van der Waals surface area contributed by atoms with E-state index in [0.29, 0.717) is 22.4 Å². The number of rotatable bonds is 3. The van der Waals surface area contributed by atoms with Gasteiger partial charge in [0.15, 0.2) is 0 Å². The fourth-order valence-electron chi connectivity index (χ4n) is 3.99. The molecule has 7 heteroatoms. The number of anilines is 1. The van der Waals surface area contributed by atoms with Gasteiger partial charge in [-0.1, -0.05) is 30.3 Å². The van der Waals surface area contributed by atoms with Crippen molar-refractivity contribution in [1.29, 1.82) is 0 Å². The summed E-state index contributed by atoms with van der Waals surface area (Å²) in [7, 11) is 0. The first kappa shape index (κ1) is 22.8. The van der Waals surface area contributed by atoms with Crippen molar-refractivity contribution in [1.82, 2.24) is 0 Å². The zero-order valence-electron chi connectivity index (χ0n) is 16.8. The predicted molar refractivity (Wildman–Crippen MR) is 119 cm³/mol. The summed E-state index contributed by atoms with van der Waals surface area (Å²) in [5, 5.41) is 2.92. The van der Waals surface area contributed by atoms with Gasteiger partial charge in [0.2, 0.25) is 0 Å². The number of hydrogen-bond acceptors (Lipinski definition) is 2. The summed E-state index contributed by atoms with van der Waals surface area (Å²) in [6.07, 6.45) is -2.79. The Bertz CT molecular complexity index is 1110. The van der Waals surface area contributed by atoms with Crippen molar-refractivity contribution in [3.63, 3.8) is 0 Å². The molecule has 1 atom stereocenters. The first-order chi connectivity index (χ1) is 14.2. The summed E-state index contributed by atoms with van der Waals surface area (Å²) in [6.45, 7) is 1.83. The second-order valence-corrected chi connectivity index (χ2v) is 7.68. The molecule has 0 fully saturated rings. The molecule has 3 N–H and O–H groups in total. The number of aryl methyl sites for hydroxylation is 1. The second kappa shape index (κ2) is 8.73. The van der Waals surface area contributed by atoms with Gasteiger partial charge in [0, 0.05) is 17.3 Å². The molecule has 0 radical (unpaired) electrons. The zero-order valence-corrected chi connectivity index (χ0v) is 17.6. The molecule has 3 nitrogen and oxygen atoms in total.